The van der Waals surface area contributed by atoms with E-state index >= 15 is 0 Å². The third-order valence-electron chi connectivity index (χ3n) is 4.93. The maximum Gasteiger partial charge on any atom is 0.281 e. The first kappa shape index (κ1) is 22.6. The molecule has 0 aliphatic rings. The molecule has 1 heterocycles. The van der Waals surface area contributed by atoms with Crippen LogP contribution in [0.2, 0.25) is 10.0 Å². The highest BCUT2D eigenvalue weighted by atomic mass is 35.5. The average molecular weight is 483 g/mol. The molecule has 0 bridgehead atoms. The molecule has 0 fully saturated rings. The topological polar surface area (TPSA) is 78.3 Å². The first-order valence-corrected chi connectivity index (χ1v) is 10.7. The van der Waals surface area contributed by atoms with Crippen molar-refractivity contribution >= 4 is 35.1 Å². The number of anilines is 1. The number of carbonyl (C=O) groups is 1. The van der Waals surface area contributed by atoms with Gasteiger partial charge in [0.25, 0.3) is 5.91 Å². The second kappa shape index (κ2) is 9.94. The van der Waals surface area contributed by atoms with Crippen molar-refractivity contribution in [3.63, 3.8) is 0 Å². The molecule has 1 aromatic heterocycles. The van der Waals surface area contributed by atoms with Crippen LogP contribution in [0.25, 0.3) is 11.4 Å². The number of hydrogen-bond acceptors (Lipinski definition) is 6. The van der Waals surface area contributed by atoms with Gasteiger partial charge in [0.05, 0.1) is 14.2 Å². The van der Waals surface area contributed by atoms with E-state index in [1.165, 1.54) is 18.9 Å². The fraction of sp³-hybridized carbons (Fsp3) is 0.125. The molecular weight excluding hydrogens is 463 g/mol. The van der Waals surface area contributed by atoms with Crippen LogP contribution in [0.3, 0.4) is 0 Å². The number of ether oxygens (including phenoxy) is 2. The van der Waals surface area contributed by atoms with Gasteiger partial charge in [-0.15, -0.1) is 5.10 Å². The number of nitrogens with one attached hydrogen (secondary N) is 1. The normalized spacial score (nSPS) is 10.7. The molecular formula is C24H20Cl2N4O3. The summed E-state index contributed by atoms with van der Waals surface area (Å²) in [6.45, 7) is 0.359. The van der Waals surface area contributed by atoms with Crippen molar-refractivity contribution in [2.24, 2.45) is 0 Å². The number of aromatic nitrogens is 3. The molecule has 0 amide bonds. The van der Waals surface area contributed by atoms with Crippen molar-refractivity contribution < 1.29 is 14.3 Å². The van der Waals surface area contributed by atoms with E-state index in [1.807, 2.05) is 18.2 Å². The van der Waals surface area contributed by atoms with Gasteiger partial charge in [0.2, 0.25) is 5.95 Å². The van der Waals surface area contributed by atoms with Crippen LogP contribution in [0.15, 0.2) is 66.7 Å². The zero-order chi connectivity index (χ0) is 23.4. The zero-order valence-corrected chi connectivity index (χ0v) is 19.4. The summed E-state index contributed by atoms with van der Waals surface area (Å²) in [6, 6.07) is 19.4. The van der Waals surface area contributed by atoms with Crippen LogP contribution in [-0.2, 0) is 6.54 Å². The van der Waals surface area contributed by atoms with E-state index < -0.39 is 0 Å². The van der Waals surface area contributed by atoms with Gasteiger partial charge >= 0.3 is 0 Å². The Balaban J connectivity index is 1.72. The lowest BCUT2D eigenvalue weighted by Crippen LogP contribution is -2.17. The van der Waals surface area contributed by atoms with Gasteiger partial charge < -0.3 is 14.8 Å². The molecule has 168 valence electrons. The molecule has 7 nitrogen and oxygen atoms in total. The standard InChI is InChI=1S/C24H20Cl2N4O3/c1-32-20-12-9-16(13-21(20)33-2)23(31)30-24(27-14-17-5-3-4-6-19(17)26)28-22(29-30)15-7-10-18(25)11-8-15/h3-13H,14H2,1-2H3,(H,27,28,29). The number of halogens is 2. The molecule has 3 aromatic carbocycles. The fourth-order valence-corrected chi connectivity index (χ4v) is 3.53. The maximum absolute atomic E-state index is 13.4. The van der Waals surface area contributed by atoms with Crippen LogP contribution in [-0.4, -0.2) is 34.9 Å². The lowest BCUT2D eigenvalue weighted by molar-refractivity contribution is 0.0947. The van der Waals surface area contributed by atoms with E-state index in [-0.39, 0.29) is 11.9 Å². The van der Waals surface area contributed by atoms with Crippen molar-refractivity contribution in [1.29, 1.82) is 0 Å². The molecule has 4 aromatic rings. The first-order chi connectivity index (χ1) is 16.0. The quantitative estimate of drug-likeness (QED) is 0.370. The van der Waals surface area contributed by atoms with Crippen molar-refractivity contribution in [3.05, 3.63) is 87.9 Å². The van der Waals surface area contributed by atoms with Gasteiger partial charge in [0.15, 0.2) is 17.3 Å². The Labute approximate surface area is 200 Å². The minimum absolute atomic E-state index is 0.277. The average Bonchev–Trinajstić information content (AvgIpc) is 3.27. The second-order valence-corrected chi connectivity index (χ2v) is 7.84. The van der Waals surface area contributed by atoms with Gasteiger partial charge in [0.1, 0.15) is 0 Å². The summed E-state index contributed by atoms with van der Waals surface area (Å²) in [5, 5.41) is 8.85. The molecule has 0 atom stereocenters. The van der Waals surface area contributed by atoms with Crippen LogP contribution in [0.5, 0.6) is 11.5 Å². The third-order valence-corrected chi connectivity index (χ3v) is 5.55. The summed E-state index contributed by atoms with van der Waals surface area (Å²) >= 11 is 12.3. The van der Waals surface area contributed by atoms with E-state index in [0.717, 1.165) is 11.1 Å². The Morgan fingerprint density at radius 1 is 0.970 bits per heavy atom. The molecule has 0 radical (unpaired) electrons. The molecule has 4 rings (SSSR count). The summed E-state index contributed by atoms with van der Waals surface area (Å²) in [5.41, 5.74) is 1.94. The summed E-state index contributed by atoms with van der Waals surface area (Å²) in [5.74, 6) is 1.23. The van der Waals surface area contributed by atoms with Gasteiger partial charge in [-0.2, -0.15) is 9.67 Å². The molecule has 33 heavy (non-hydrogen) atoms. The highest BCUT2D eigenvalue weighted by molar-refractivity contribution is 6.31. The monoisotopic (exact) mass is 482 g/mol. The van der Waals surface area contributed by atoms with Gasteiger partial charge in [0, 0.05) is 27.7 Å². The Morgan fingerprint density at radius 2 is 1.70 bits per heavy atom. The Morgan fingerprint density at radius 3 is 2.39 bits per heavy atom. The molecule has 0 saturated carbocycles. The highest BCUT2D eigenvalue weighted by Gasteiger charge is 2.20. The van der Waals surface area contributed by atoms with Crippen LogP contribution >= 0.6 is 23.2 Å². The Hall–Kier alpha value is -3.55. The van der Waals surface area contributed by atoms with Crippen LogP contribution in [0.4, 0.5) is 5.95 Å². The lowest BCUT2D eigenvalue weighted by Gasteiger charge is -2.11. The molecule has 0 aliphatic heterocycles. The smallest absolute Gasteiger partial charge is 0.281 e. The fourth-order valence-electron chi connectivity index (χ4n) is 3.20. The Bertz CT molecular complexity index is 1290. The van der Waals surface area contributed by atoms with Crippen molar-refractivity contribution in [1.82, 2.24) is 14.8 Å². The van der Waals surface area contributed by atoms with Crippen LogP contribution < -0.4 is 14.8 Å². The van der Waals surface area contributed by atoms with Gasteiger partial charge in [-0.05, 0) is 54.1 Å². The largest absolute Gasteiger partial charge is 0.493 e. The molecule has 9 heteroatoms. The molecule has 0 spiro atoms. The van der Waals surface area contributed by atoms with E-state index in [2.05, 4.69) is 15.4 Å². The summed E-state index contributed by atoms with van der Waals surface area (Å²) in [6.07, 6.45) is 0. The predicted molar refractivity (Wildman–Crippen MR) is 129 cm³/mol. The highest BCUT2D eigenvalue weighted by Crippen LogP contribution is 2.29. The lowest BCUT2D eigenvalue weighted by atomic mass is 10.2. The van der Waals surface area contributed by atoms with E-state index in [9.17, 15) is 4.79 Å². The zero-order valence-electron chi connectivity index (χ0n) is 17.9. The number of rotatable bonds is 7. The van der Waals surface area contributed by atoms with E-state index in [4.69, 9.17) is 32.7 Å². The molecule has 0 saturated heterocycles. The molecule has 0 aliphatic carbocycles. The number of hydrogen-bond donors (Lipinski definition) is 1. The second-order valence-electron chi connectivity index (χ2n) is 7.00. The SMILES string of the molecule is COc1ccc(C(=O)n2nc(-c3ccc(Cl)cc3)nc2NCc2ccccc2Cl)cc1OC. The summed E-state index contributed by atoms with van der Waals surface area (Å²) in [4.78, 5) is 17.9. The van der Waals surface area contributed by atoms with E-state index in [1.54, 1.807) is 48.5 Å². The summed E-state index contributed by atoms with van der Waals surface area (Å²) < 4.78 is 11.8. The first-order valence-electron chi connectivity index (χ1n) is 9.97. The third kappa shape index (κ3) is 4.94. The number of benzene rings is 3. The predicted octanol–water partition coefficient (Wildman–Crippen LogP) is 5.57. The van der Waals surface area contributed by atoms with Crippen LogP contribution in [0.1, 0.15) is 15.9 Å². The van der Waals surface area contributed by atoms with Gasteiger partial charge in [-0.1, -0.05) is 41.4 Å². The van der Waals surface area contributed by atoms with Crippen molar-refractivity contribution in [2.45, 2.75) is 6.54 Å². The maximum atomic E-state index is 13.4. The minimum atomic E-state index is -0.384. The van der Waals surface area contributed by atoms with Crippen molar-refractivity contribution in [3.8, 4) is 22.9 Å². The number of carbonyl (C=O) groups excluding carboxylic acids is 1. The molecule has 0 unspecified atom stereocenters. The Kier molecular flexibility index (Phi) is 6.82. The number of methoxy groups -OCH3 is 2. The minimum Gasteiger partial charge on any atom is -0.493 e. The van der Waals surface area contributed by atoms with Gasteiger partial charge in [-0.3, -0.25) is 4.79 Å². The molecule has 1 N–H and O–H groups in total. The van der Waals surface area contributed by atoms with Crippen LogP contribution in [0, 0.1) is 0 Å². The van der Waals surface area contributed by atoms with Gasteiger partial charge in [-0.25, -0.2) is 0 Å². The number of nitrogens with zero attached hydrogens (tertiary/aromatic N) is 3. The van der Waals surface area contributed by atoms with E-state index in [0.29, 0.717) is 39.5 Å². The summed E-state index contributed by atoms with van der Waals surface area (Å²) in [7, 11) is 3.04. The van der Waals surface area contributed by atoms with Crippen molar-refractivity contribution in [2.75, 3.05) is 19.5 Å².